The highest BCUT2D eigenvalue weighted by atomic mass is 79.9. The number of hydrogen-bond donors (Lipinski definition) is 1. The van der Waals surface area contributed by atoms with E-state index >= 15 is 0 Å². The summed E-state index contributed by atoms with van der Waals surface area (Å²) in [5.41, 5.74) is 0. The first-order valence-corrected chi connectivity index (χ1v) is 6.55. The standard InChI is InChI=1S/C10H13BrF3NS/c1-15-7(2-4-10(12,13)14)6-9-8(11)3-5-16-9/h3,5,7,15H,2,4,6H2,1H3. The van der Waals surface area contributed by atoms with Gasteiger partial charge in [-0.1, -0.05) is 0 Å². The molecule has 0 aliphatic heterocycles. The van der Waals surface area contributed by atoms with Crippen LogP contribution in [0, 0.1) is 0 Å². The molecule has 0 amide bonds. The van der Waals surface area contributed by atoms with Crippen molar-refractivity contribution in [3.63, 3.8) is 0 Å². The lowest BCUT2D eigenvalue weighted by molar-refractivity contribution is -0.136. The van der Waals surface area contributed by atoms with Crippen molar-refractivity contribution < 1.29 is 13.2 Å². The SMILES string of the molecule is CNC(CCC(F)(F)F)Cc1sccc1Br. The Kier molecular flexibility index (Phi) is 5.27. The van der Waals surface area contributed by atoms with E-state index in [1.54, 1.807) is 18.4 Å². The molecule has 1 heterocycles. The van der Waals surface area contributed by atoms with Crippen LogP contribution in [0.2, 0.25) is 0 Å². The first-order chi connectivity index (χ1) is 7.42. The van der Waals surface area contributed by atoms with Crippen molar-refractivity contribution in [1.29, 1.82) is 0 Å². The zero-order valence-electron chi connectivity index (χ0n) is 8.77. The van der Waals surface area contributed by atoms with Crippen LogP contribution in [-0.4, -0.2) is 19.3 Å². The largest absolute Gasteiger partial charge is 0.389 e. The Bertz CT molecular complexity index is 324. The lowest BCUT2D eigenvalue weighted by Crippen LogP contribution is -2.29. The normalized spacial score (nSPS) is 14.1. The fourth-order valence-electron chi connectivity index (χ4n) is 1.38. The highest BCUT2D eigenvalue weighted by Crippen LogP contribution is 2.27. The number of likely N-dealkylation sites (N-methyl/N-ethyl adjacent to an activating group) is 1. The summed E-state index contributed by atoms with van der Waals surface area (Å²) in [5, 5.41) is 4.85. The van der Waals surface area contributed by atoms with E-state index in [4.69, 9.17) is 0 Å². The van der Waals surface area contributed by atoms with E-state index in [2.05, 4.69) is 21.2 Å². The van der Waals surface area contributed by atoms with Gasteiger partial charge in [-0.15, -0.1) is 11.3 Å². The topological polar surface area (TPSA) is 12.0 Å². The van der Waals surface area contributed by atoms with Gasteiger partial charge in [0.25, 0.3) is 0 Å². The monoisotopic (exact) mass is 315 g/mol. The lowest BCUT2D eigenvalue weighted by Gasteiger charge is -2.16. The average Bonchev–Trinajstić information content (AvgIpc) is 2.57. The molecule has 16 heavy (non-hydrogen) atoms. The zero-order chi connectivity index (χ0) is 12.2. The van der Waals surface area contributed by atoms with Crippen LogP contribution in [0.3, 0.4) is 0 Å². The second kappa shape index (κ2) is 6.02. The van der Waals surface area contributed by atoms with Crippen molar-refractivity contribution in [2.45, 2.75) is 31.5 Å². The molecule has 1 atom stereocenters. The van der Waals surface area contributed by atoms with Crippen molar-refractivity contribution in [2.75, 3.05) is 7.05 Å². The van der Waals surface area contributed by atoms with E-state index in [0.717, 1.165) is 9.35 Å². The molecule has 0 aliphatic rings. The van der Waals surface area contributed by atoms with Gasteiger partial charge < -0.3 is 5.32 Å². The molecular formula is C10H13BrF3NS. The number of thiophene rings is 1. The summed E-state index contributed by atoms with van der Waals surface area (Å²) in [6.45, 7) is 0. The molecule has 92 valence electrons. The molecule has 0 fully saturated rings. The first kappa shape index (κ1) is 14.0. The Hall–Kier alpha value is -0.0700. The predicted molar refractivity (Wildman–Crippen MR) is 63.9 cm³/mol. The van der Waals surface area contributed by atoms with E-state index in [0.29, 0.717) is 6.42 Å². The molecule has 0 saturated carbocycles. The van der Waals surface area contributed by atoms with Gasteiger partial charge in [-0.3, -0.25) is 0 Å². The van der Waals surface area contributed by atoms with E-state index in [-0.39, 0.29) is 12.5 Å². The van der Waals surface area contributed by atoms with Crippen LogP contribution in [0.5, 0.6) is 0 Å². The van der Waals surface area contributed by atoms with Crippen LogP contribution in [0.4, 0.5) is 13.2 Å². The zero-order valence-corrected chi connectivity index (χ0v) is 11.2. The lowest BCUT2D eigenvalue weighted by atomic mass is 10.1. The molecule has 1 nitrogen and oxygen atoms in total. The van der Waals surface area contributed by atoms with Crippen molar-refractivity contribution >= 4 is 27.3 Å². The van der Waals surface area contributed by atoms with E-state index in [1.807, 2.05) is 11.4 Å². The Morgan fingerprint density at radius 1 is 1.50 bits per heavy atom. The Balaban J connectivity index is 2.47. The molecule has 1 unspecified atom stereocenters. The van der Waals surface area contributed by atoms with Gasteiger partial charge in [0.15, 0.2) is 0 Å². The Labute approximate surface area is 105 Å². The van der Waals surface area contributed by atoms with Gasteiger partial charge in [-0.2, -0.15) is 13.2 Å². The number of nitrogens with one attached hydrogen (secondary N) is 1. The Morgan fingerprint density at radius 3 is 2.62 bits per heavy atom. The smallest absolute Gasteiger partial charge is 0.317 e. The Morgan fingerprint density at radius 2 is 2.19 bits per heavy atom. The molecular weight excluding hydrogens is 303 g/mol. The van der Waals surface area contributed by atoms with Crippen molar-refractivity contribution in [3.05, 3.63) is 20.8 Å². The molecule has 1 rings (SSSR count). The maximum atomic E-state index is 12.1. The minimum Gasteiger partial charge on any atom is -0.317 e. The molecule has 1 N–H and O–H groups in total. The molecule has 6 heteroatoms. The van der Waals surface area contributed by atoms with Gasteiger partial charge in [0.05, 0.1) is 0 Å². The third-order valence-electron chi connectivity index (χ3n) is 2.31. The quantitative estimate of drug-likeness (QED) is 0.866. The summed E-state index contributed by atoms with van der Waals surface area (Å²) in [6.07, 6.45) is -4.06. The summed E-state index contributed by atoms with van der Waals surface area (Å²) in [7, 11) is 1.70. The van der Waals surface area contributed by atoms with Gasteiger partial charge in [-0.05, 0) is 47.3 Å². The summed E-state index contributed by atoms with van der Waals surface area (Å²) in [4.78, 5) is 1.08. The summed E-state index contributed by atoms with van der Waals surface area (Å²) < 4.78 is 37.2. The van der Waals surface area contributed by atoms with Gasteiger partial charge in [-0.25, -0.2) is 0 Å². The minimum absolute atomic E-state index is 0.115. The number of alkyl halides is 3. The number of halogens is 4. The summed E-state index contributed by atoms with van der Waals surface area (Å²) in [5.74, 6) is 0. The van der Waals surface area contributed by atoms with Gasteiger partial charge >= 0.3 is 6.18 Å². The van der Waals surface area contributed by atoms with Crippen LogP contribution in [0.25, 0.3) is 0 Å². The molecule has 0 radical (unpaired) electrons. The fourth-order valence-corrected chi connectivity index (χ4v) is 2.98. The summed E-state index contributed by atoms with van der Waals surface area (Å²) >= 11 is 4.93. The van der Waals surface area contributed by atoms with Crippen LogP contribution in [-0.2, 0) is 6.42 Å². The van der Waals surface area contributed by atoms with Gasteiger partial charge in [0.1, 0.15) is 0 Å². The molecule has 0 saturated heterocycles. The maximum absolute atomic E-state index is 12.1. The first-order valence-electron chi connectivity index (χ1n) is 4.88. The summed E-state index contributed by atoms with van der Waals surface area (Å²) in [6, 6.07) is 1.79. The van der Waals surface area contributed by atoms with Gasteiger partial charge in [0.2, 0.25) is 0 Å². The molecule has 0 aromatic carbocycles. The third kappa shape index (κ3) is 4.84. The average molecular weight is 316 g/mol. The fraction of sp³-hybridized carbons (Fsp3) is 0.600. The van der Waals surface area contributed by atoms with Gasteiger partial charge in [0, 0.05) is 21.8 Å². The predicted octanol–water partition coefficient (Wildman–Crippen LogP) is 3.98. The maximum Gasteiger partial charge on any atom is 0.389 e. The highest BCUT2D eigenvalue weighted by Gasteiger charge is 2.28. The molecule has 1 aromatic heterocycles. The van der Waals surface area contributed by atoms with E-state index < -0.39 is 12.6 Å². The second-order valence-corrected chi connectivity index (χ2v) is 5.39. The van der Waals surface area contributed by atoms with Crippen LogP contribution >= 0.6 is 27.3 Å². The van der Waals surface area contributed by atoms with E-state index in [1.165, 1.54) is 0 Å². The van der Waals surface area contributed by atoms with Crippen molar-refractivity contribution in [2.24, 2.45) is 0 Å². The van der Waals surface area contributed by atoms with Crippen molar-refractivity contribution in [1.82, 2.24) is 5.32 Å². The minimum atomic E-state index is -4.07. The van der Waals surface area contributed by atoms with E-state index in [9.17, 15) is 13.2 Å². The molecule has 1 aromatic rings. The second-order valence-electron chi connectivity index (χ2n) is 3.54. The highest BCUT2D eigenvalue weighted by molar-refractivity contribution is 9.10. The van der Waals surface area contributed by atoms with Crippen LogP contribution in [0.15, 0.2) is 15.9 Å². The number of hydrogen-bond acceptors (Lipinski definition) is 2. The molecule has 0 aliphatic carbocycles. The van der Waals surface area contributed by atoms with Crippen LogP contribution < -0.4 is 5.32 Å². The number of rotatable bonds is 5. The molecule has 0 spiro atoms. The van der Waals surface area contributed by atoms with Crippen LogP contribution in [0.1, 0.15) is 17.7 Å². The molecule has 0 bridgehead atoms. The van der Waals surface area contributed by atoms with Crippen molar-refractivity contribution in [3.8, 4) is 0 Å². The third-order valence-corrected chi connectivity index (χ3v) is 4.26.